The van der Waals surface area contributed by atoms with E-state index in [0.29, 0.717) is 12.1 Å². The third-order valence-electron chi connectivity index (χ3n) is 7.56. The number of aromatic nitrogens is 5. The summed E-state index contributed by atoms with van der Waals surface area (Å²) in [5.74, 6) is -0.818. The number of methoxy groups -OCH3 is 1. The number of fused-ring (bicyclic) bond motifs is 1. The Morgan fingerprint density at radius 2 is 1.91 bits per heavy atom. The number of rotatable bonds is 9. The lowest BCUT2D eigenvalue weighted by Gasteiger charge is -2.36. The van der Waals surface area contributed by atoms with Crippen molar-refractivity contribution in [2.45, 2.75) is 32.1 Å². The van der Waals surface area contributed by atoms with Gasteiger partial charge in [-0.3, -0.25) is 4.90 Å². The Labute approximate surface area is 261 Å². The first-order valence-corrected chi connectivity index (χ1v) is 14.1. The number of nitrogens with one attached hydrogen (secondary N) is 1. The number of esters is 1. The zero-order chi connectivity index (χ0) is 33.0. The number of nitriles is 1. The van der Waals surface area contributed by atoms with E-state index in [2.05, 4.69) is 16.8 Å². The standard InChI is InChI=1S/C33H28F3N7O3/c1-4-23(20-37)13-14-24(15-16-40-17-18-41(21-40)26-10-6-5-7-11-26)29-28(30(44)46-3)22(2)42(31-38-39-32(45)43(29)31)27-12-8-9-25(19-27)33(34,35)36/h4-14,17-19,21,29H,1,15-16H2,2-3H3/p+1/b23-13+,24-14+/t29-/m1/s1. The van der Waals surface area contributed by atoms with Gasteiger partial charge in [-0.2, -0.15) is 18.4 Å². The minimum absolute atomic E-state index is 0.0135. The van der Waals surface area contributed by atoms with Gasteiger partial charge in [-0.15, -0.1) is 5.10 Å². The number of H-pyrrole nitrogens is 1. The number of alkyl halides is 3. The Morgan fingerprint density at radius 3 is 2.59 bits per heavy atom. The molecule has 0 saturated carbocycles. The minimum atomic E-state index is -4.63. The van der Waals surface area contributed by atoms with E-state index in [1.165, 1.54) is 40.9 Å². The van der Waals surface area contributed by atoms with Crippen LogP contribution in [0, 0.1) is 11.3 Å². The fourth-order valence-electron chi connectivity index (χ4n) is 5.33. The largest absolute Gasteiger partial charge is 0.466 e. The van der Waals surface area contributed by atoms with Gasteiger partial charge in [0.1, 0.15) is 18.1 Å². The molecule has 1 N–H and O–H groups in total. The van der Waals surface area contributed by atoms with Crippen molar-refractivity contribution in [3.63, 3.8) is 0 Å². The number of para-hydroxylation sites is 1. The second kappa shape index (κ2) is 13.0. The molecular weight excluding hydrogens is 599 g/mol. The van der Waals surface area contributed by atoms with Gasteiger partial charge in [-0.05, 0) is 48.9 Å². The highest BCUT2D eigenvalue weighted by Crippen LogP contribution is 2.43. The number of hydrogen-bond donors (Lipinski definition) is 1. The normalized spacial score (nSPS) is 15.4. The Bertz CT molecular complexity index is 1970. The van der Waals surface area contributed by atoms with Crippen LogP contribution in [0.3, 0.4) is 0 Å². The number of aryl methyl sites for hydroxylation is 1. The molecule has 0 aliphatic carbocycles. The summed E-state index contributed by atoms with van der Waals surface area (Å²) >= 11 is 0. The molecule has 1 aliphatic heterocycles. The molecule has 0 unspecified atom stereocenters. The Hall–Kier alpha value is -5.90. The summed E-state index contributed by atoms with van der Waals surface area (Å²) in [7, 11) is 1.18. The van der Waals surface area contributed by atoms with E-state index in [1.54, 1.807) is 13.0 Å². The Kier molecular flexibility index (Phi) is 8.90. The van der Waals surface area contributed by atoms with Crippen molar-refractivity contribution in [3.8, 4) is 11.8 Å². The first-order chi connectivity index (χ1) is 22.1. The number of ether oxygens (including phenoxy) is 1. The van der Waals surface area contributed by atoms with Crippen molar-refractivity contribution >= 4 is 17.6 Å². The summed E-state index contributed by atoms with van der Waals surface area (Å²) < 4.78 is 51.2. The maximum Gasteiger partial charge on any atom is 0.416 e. The summed E-state index contributed by atoms with van der Waals surface area (Å²) in [6, 6.07) is 15.1. The first kappa shape index (κ1) is 31.5. The van der Waals surface area contributed by atoms with Crippen LogP contribution >= 0.6 is 0 Å². The van der Waals surface area contributed by atoms with Crippen LogP contribution in [0.15, 0.2) is 125 Å². The number of allylic oxidation sites excluding steroid dienone is 6. The topological polar surface area (TPSA) is 113 Å². The molecule has 0 radical (unpaired) electrons. The van der Waals surface area contributed by atoms with Crippen LogP contribution in [0.2, 0.25) is 0 Å². The van der Waals surface area contributed by atoms with Gasteiger partial charge in [0.2, 0.25) is 12.3 Å². The molecule has 1 aliphatic rings. The molecule has 4 aromatic rings. The van der Waals surface area contributed by atoms with E-state index in [4.69, 9.17) is 4.74 Å². The van der Waals surface area contributed by atoms with Crippen LogP contribution in [-0.2, 0) is 22.3 Å². The van der Waals surface area contributed by atoms with Crippen molar-refractivity contribution in [3.05, 3.63) is 137 Å². The van der Waals surface area contributed by atoms with Crippen molar-refractivity contribution in [1.29, 1.82) is 5.26 Å². The van der Waals surface area contributed by atoms with Crippen molar-refractivity contribution in [1.82, 2.24) is 19.3 Å². The third kappa shape index (κ3) is 6.18. The fraction of sp³-hybridized carbons (Fsp3) is 0.182. The molecule has 0 amide bonds. The second-order valence-corrected chi connectivity index (χ2v) is 10.3. The predicted octanol–water partition coefficient (Wildman–Crippen LogP) is 5.46. The maximum absolute atomic E-state index is 13.7. The highest BCUT2D eigenvalue weighted by molar-refractivity contribution is 5.93. The number of imidazole rings is 1. The lowest BCUT2D eigenvalue weighted by molar-refractivity contribution is -0.695. The molecule has 3 heterocycles. The summed E-state index contributed by atoms with van der Waals surface area (Å²) in [6.45, 7) is 5.61. The number of benzene rings is 2. The second-order valence-electron chi connectivity index (χ2n) is 10.3. The number of halogens is 3. The monoisotopic (exact) mass is 628 g/mol. The van der Waals surface area contributed by atoms with Crippen LogP contribution in [0.5, 0.6) is 0 Å². The highest BCUT2D eigenvalue weighted by atomic mass is 19.4. The Balaban J connectivity index is 1.65. The van der Waals surface area contributed by atoms with Gasteiger partial charge in [-0.25, -0.2) is 28.4 Å². The molecule has 0 saturated heterocycles. The fourth-order valence-corrected chi connectivity index (χ4v) is 5.33. The predicted molar refractivity (Wildman–Crippen MR) is 163 cm³/mol. The van der Waals surface area contributed by atoms with E-state index < -0.39 is 29.4 Å². The molecule has 0 spiro atoms. The summed E-state index contributed by atoms with van der Waals surface area (Å²) in [4.78, 5) is 28.2. The number of carbonyl (C=O) groups excluding carboxylic acids is 1. The zero-order valence-electron chi connectivity index (χ0n) is 24.9. The SMILES string of the molecule is C=C/C(C#N)=C\C=C(/CC[n+]1ccn(-c2ccccc2)c1)[C@@H]1C(C(=O)OC)=C(C)N(c2cccc(C(F)(F)F)c2)c2n[nH]c(=O)n21. The zero-order valence-corrected chi connectivity index (χ0v) is 24.9. The quantitative estimate of drug-likeness (QED) is 0.114. The lowest BCUT2D eigenvalue weighted by atomic mass is 9.91. The summed E-state index contributed by atoms with van der Waals surface area (Å²) in [5.41, 5.74) is 0.367. The highest BCUT2D eigenvalue weighted by Gasteiger charge is 2.41. The van der Waals surface area contributed by atoms with Gasteiger partial charge in [0.15, 0.2) is 0 Å². The molecule has 0 fully saturated rings. The number of anilines is 2. The molecule has 2 aromatic carbocycles. The van der Waals surface area contributed by atoms with Crippen LogP contribution in [-0.4, -0.2) is 32.4 Å². The summed E-state index contributed by atoms with van der Waals surface area (Å²) in [5, 5.41) is 16.1. The van der Waals surface area contributed by atoms with Crippen molar-refractivity contribution < 1.29 is 27.3 Å². The molecule has 13 heteroatoms. The average molecular weight is 629 g/mol. The summed E-state index contributed by atoms with van der Waals surface area (Å²) in [6.07, 6.45) is 5.84. The van der Waals surface area contributed by atoms with Crippen LogP contribution < -0.4 is 15.2 Å². The number of carbonyl (C=O) groups is 1. The first-order valence-electron chi connectivity index (χ1n) is 14.1. The van der Waals surface area contributed by atoms with E-state index in [0.717, 1.165) is 17.8 Å². The molecule has 46 heavy (non-hydrogen) atoms. The molecular formula is C33H29F3N7O3+. The molecule has 234 valence electrons. The Morgan fingerprint density at radius 1 is 1.17 bits per heavy atom. The van der Waals surface area contributed by atoms with E-state index in [1.807, 2.05) is 64.3 Å². The lowest BCUT2D eigenvalue weighted by Crippen LogP contribution is -2.39. The van der Waals surface area contributed by atoms with Gasteiger partial charge < -0.3 is 4.74 Å². The van der Waals surface area contributed by atoms with Gasteiger partial charge >= 0.3 is 17.8 Å². The smallest absolute Gasteiger partial charge is 0.416 e. The molecule has 5 rings (SSSR count). The van der Waals surface area contributed by atoms with Gasteiger partial charge in [-0.1, -0.05) is 43.0 Å². The molecule has 2 aromatic heterocycles. The molecule has 1 atom stereocenters. The van der Waals surface area contributed by atoms with E-state index in [9.17, 15) is 28.0 Å². The number of hydrogen-bond acceptors (Lipinski definition) is 6. The molecule has 10 nitrogen and oxygen atoms in total. The van der Waals surface area contributed by atoms with Gasteiger partial charge in [0.25, 0.3) is 0 Å². The third-order valence-corrected chi connectivity index (χ3v) is 7.56. The molecule has 0 bridgehead atoms. The van der Waals surface area contributed by atoms with Crippen molar-refractivity contribution in [2.75, 3.05) is 12.0 Å². The van der Waals surface area contributed by atoms with Crippen LogP contribution in [0.25, 0.3) is 5.69 Å². The van der Waals surface area contributed by atoms with Gasteiger partial charge in [0.05, 0.1) is 42.5 Å². The van der Waals surface area contributed by atoms with Gasteiger partial charge in [0, 0.05) is 17.8 Å². The average Bonchev–Trinajstić information content (AvgIpc) is 3.69. The van der Waals surface area contributed by atoms with E-state index >= 15 is 0 Å². The minimum Gasteiger partial charge on any atom is -0.466 e. The van der Waals surface area contributed by atoms with Crippen molar-refractivity contribution in [2.24, 2.45) is 0 Å². The number of aromatic amines is 1. The number of nitrogens with zero attached hydrogens (tertiary/aromatic N) is 6. The maximum atomic E-state index is 13.7. The van der Waals surface area contributed by atoms with Crippen LogP contribution in [0.1, 0.15) is 24.9 Å². The van der Waals surface area contributed by atoms with Crippen LogP contribution in [0.4, 0.5) is 24.8 Å². The van der Waals surface area contributed by atoms with E-state index in [-0.39, 0.29) is 34.9 Å².